The zero-order valence-electron chi connectivity index (χ0n) is 11.0. The maximum Gasteiger partial charge on any atom is 0.304 e. The number of carboxylic acids is 1. The Morgan fingerprint density at radius 2 is 2.10 bits per heavy atom. The van der Waals surface area contributed by atoms with E-state index in [4.69, 9.17) is 16.7 Å². The fourth-order valence-corrected chi connectivity index (χ4v) is 2.84. The number of hydrogen-bond donors (Lipinski definition) is 2. The molecule has 0 radical (unpaired) electrons. The second-order valence-electron chi connectivity index (χ2n) is 4.34. The summed E-state index contributed by atoms with van der Waals surface area (Å²) in [6.07, 6.45) is 0.119. The van der Waals surface area contributed by atoms with Crippen LogP contribution in [-0.4, -0.2) is 22.6 Å². The van der Waals surface area contributed by atoms with Crippen LogP contribution in [0.1, 0.15) is 16.3 Å². The van der Waals surface area contributed by atoms with E-state index in [1.54, 1.807) is 11.3 Å². The lowest BCUT2D eigenvalue weighted by molar-refractivity contribution is -0.136. The molecule has 106 valence electrons. The van der Waals surface area contributed by atoms with E-state index in [9.17, 15) is 4.79 Å². The lowest BCUT2D eigenvalue weighted by Crippen LogP contribution is -2.17. The number of nitrogens with zero attached hydrogens (tertiary/aromatic N) is 1. The van der Waals surface area contributed by atoms with Crippen LogP contribution in [0.2, 0.25) is 5.02 Å². The van der Waals surface area contributed by atoms with Gasteiger partial charge in [-0.3, -0.25) is 4.79 Å². The summed E-state index contributed by atoms with van der Waals surface area (Å²) >= 11 is 7.50. The Labute approximate surface area is 126 Å². The van der Waals surface area contributed by atoms with Crippen LogP contribution >= 0.6 is 22.9 Å². The van der Waals surface area contributed by atoms with E-state index in [1.165, 1.54) is 0 Å². The number of rotatable bonds is 6. The van der Waals surface area contributed by atoms with Gasteiger partial charge in [-0.2, -0.15) is 0 Å². The number of hydrogen-bond acceptors (Lipinski definition) is 4. The predicted molar refractivity (Wildman–Crippen MR) is 81.3 cm³/mol. The number of carboxylic acid groups (broad SMARTS) is 1. The van der Waals surface area contributed by atoms with Gasteiger partial charge < -0.3 is 10.4 Å². The van der Waals surface area contributed by atoms with Crippen LogP contribution in [0.5, 0.6) is 0 Å². The van der Waals surface area contributed by atoms with Gasteiger partial charge in [-0.15, -0.1) is 11.3 Å². The summed E-state index contributed by atoms with van der Waals surface area (Å²) < 4.78 is 0. The first-order valence-corrected chi connectivity index (χ1v) is 7.40. The third-order valence-electron chi connectivity index (χ3n) is 2.75. The number of aliphatic carboxylic acids is 1. The normalized spacial score (nSPS) is 10.7. The third-order valence-corrected chi connectivity index (χ3v) is 3.97. The minimum atomic E-state index is -0.797. The van der Waals surface area contributed by atoms with Gasteiger partial charge in [0.1, 0.15) is 5.01 Å². The van der Waals surface area contributed by atoms with Crippen molar-refractivity contribution in [2.75, 3.05) is 6.54 Å². The van der Waals surface area contributed by atoms with Crippen LogP contribution in [0.15, 0.2) is 24.3 Å². The van der Waals surface area contributed by atoms with Crippen LogP contribution in [0.3, 0.4) is 0 Å². The lowest BCUT2D eigenvalue weighted by atomic mass is 10.1. The van der Waals surface area contributed by atoms with Crippen molar-refractivity contribution in [3.8, 4) is 11.3 Å². The summed E-state index contributed by atoms with van der Waals surface area (Å²) in [7, 11) is 0. The van der Waals surface area contributed by atoms with Gasteiger partial charge in [0.15, 0.2) is 0 Å². The van der Waals surface area contributed by atoms with E-state index in [0.29, 0.717) is 18.1 Å². The summed E-state index contributed by atoms with van der Waals surface area (Å²) in [5.41, 5.74) is 2.00. The molecule has 2 N–H and O–H groups in total. The van der Waals surface area contributed by atoms with Crippen LogP contribution in [0, 0.1) is 6.92 Å². The summed E-state index contributed by atoms with van der Waals surface area (Å²) in [6.45, 7) is 3.07. The Kier molecular flexibility index (Phi) is 5.11. The maximum atomic E-state index is 10.4. The van der Waals surface area contributed by atoms with Crippen molar-refractivity contribution in [3.63, 3.8) is 0 Å². The molecule has 0 bridgehead atoms. The Morgan fingerprint density at radius 1 is 1.40 bits per heavy atom. The Balaban J connectivity index is 2.02. The molecule has 6 heteroatoms. The number of aromatic nitrogens is 1. The molecule has 4 nitrogen and oxygen atoms in total. The second-order valence-corrected chi connectivity index (χ2v) is 6.06. The monoisotopic (exact) mass is 310 g/mol. The maximum absolute atomic E-state index is 10.4. The molecule has 0 saturated heterocycles. The number of halogens is 1. The fraction of sp³-hybridized carbons (Fsp3) is 0.286. The van der Waals surface area contributed by atoms with Gasteiger partial charge >= 0.3 is 5.97 Å². The zero-order valence-corrected chi connectivity index (χ0v) is 12.6. The molecule has 1 aromatic heterocycles. The molecule has 0 atom stereocenters. The van der Waals surface area contributed by atoms with Crippen molar-refractivity contribution in [1.29, 1.82) is 0 Å². The summed E-state index contributed by atoms with van der Waals surface area (Å²) in [5, 5.41) is 13.3. The number of thiazole rings is 1. The first-order chi connectivity index (χ1) is 9.56. The van der Waals surface area contributed by atoms with Crippen LogP contribution in [0.4, 0.5) is 0 Å². The first-order valence-electron chi connectivity index (χ1n) is 6.21. The molecule has 2 aromatic rings. The average molecular weight is 311 g/mol. The van der Waals surface area contributed by atoms with Gasteiger partial charge in [0.2, 0.25) is 0 Å². The molecule has 0 aliphatic rings. The minimum Gasteiger partial charge on any atom is -0.481 e. The molecule has 0 saturated carbocycles. The second kappa shape index (κ2) is 6.83. The molecule has 0 aliphatic carbocycles. The smallest absolute Gasteiger partial charge is 0.304 e. The van der Waals surface area contributed by atoms with Gasteiger partial charge in [-0.05, 0) is 19.1 Å². The van der Waals surface area contributed by atoms with Crippen molar-refractivity contribution in [3.05, 3.63) is 39.2 Å². The van der Waals surface area contributed by atoms with Gasteiger partial charge in [0, 0.05) is 28.6 Å². The summed E-state index contributed by atoms with van der Waals surface area (Å²) in [5.74, 6) is -0.797. The van der Waals surface area contributed by atoms with Crippen molar-refractivity contribution in [2.45, 2.75) is 19.9 Å². The van der Waals surface area contributed by atoms with Crippen LogP contribution in [-0.2, 0) is 11.3 Å². The molecule has 0 unspecified atom stereocenters. The van der Waals surface area contributed by atoms with Crippen LogP contribution < -0.4 is 5.32 Å². The topological polar surface area (TPSA) is 62.2 Å². The minimum absolute atomic E-state index is 0.119. The standard InChI is InChI=1S/C14H15ClN2O2S/c1-9-14(10-2-4-11(15)5-3-10)17-12(20-9)8-16-7-6-13(18)19/h2-5,16H,6-8H2,1H3,(H,18,19). The number of nitrogens with one attached hydrogen (secondary N) is 1. The van der Waals surface area contributed by atoms with Gasteiger partial charge in [-0.25, -0.2) is 4.98 Å². The van der Waals surface area contributed by atoms with Crippen LogP contribution in [0.25, 0.3) is 11.3 Å². The SMILES string of the molecule is Cc1sc(CNCCC(=O)O)nc1-c1ccc(Cl)cc1. The van der Waals surface area contributed by atoms with E-state index in [-0.39, 0.29) is 6.42 Å². The van der Waals surface area contributed by atoms with Crippen molar-refractivity contribution in [1.82, 2.24) is 10.3 Å². The lowest BCUT2D eigenvalue weighted by Gasteiger charge is -1.99. The number of carbonyl (C=O) groups is 1. The molecule has 0 fully saturated rings. The summed E-state index contributed by atoms with van der Waals surface area (Å²) in [4.78, 5) is 16.2. The summed E-state index contributed by atoms with van der Waals surface area (Å²) in [6, 6.07) is 7.60. The molecule has 1 heterocycles. The molecule has 0 spiro atoms. The quantitative estimate of drug-likeness (QED) is 0.803. The number of benzene rings is 1. The van der Waals surface area contributed by atoms with Gasteiger partial charge in [-0.1, -0.05) is 23.7 Å². The van der Waals surface area contributed by atoms with E-state index in [2.05, 4.69) is 10.3 Å². The van der Waals surface area contributed by atoms with Crippen molar-refractivity contribution < 1.29 is 9.90 Å². The molecule has 20 heavy (non-hydrogen) atoms. The van der Waals surface area contributed by atoms with E-state index < -0.39 is 5.97 Å². The van der Waals surface area contributed by atoms with Gasteiger partial charge in [0.25, 0.3) is 0 Å². The van der Waals surface area contributed by atoms with Crippen molar-refractivity contribution in [2.24, 2.45) is 0 Å². The van der Waals surface area contributed by atoms with E-state index >= 15 is 0 Å². The van der Waals surface area contributed by atoms with Crippen molar-refractivity contribution >= 4 is 28.9 Å². The zero-order chi connectivity index (χ0) is 14.5. The highest BCUT2D eigenvalue weighted by Crippen LogP contribution is 2.28. The molecular formula is C14H15ClN2O2S. The largest absolute Gasteiger partial charge is 0.481 e. The molecule has 2 rings (SSSR count). The highest BCUT2D eigenvalue weighted by molar-refractivity contribution is 7.12. The molecule has 0 aliphatic heterocycles. The molecular weight excluding hydrogens is 296 g/mol. The Hall–Kier alpha value is -1.43. The average Bonchev–Trinajstić information content (AvgIpc) is 2.77. The highest BCUT2D eigenvalue weighted by atomic mass is 35.5. The predicted octanol–water partition coefficient (Wildman–Crippen LogP) is 3.34. The Bertz CT molecular complexity index is 596. The third kappa shape index (κ3) is 4.03. The number of aryl methyl sites for hydroxylation is 1. The fourth-order valence-electron chi connectivity index (χ4n) is 1.79. The first kappa shape index (κ1) is 15.0. The highest BCUT2D eigenvalue weighted by Gasteiger charge is 2.09. The van der Waals surface area contributed by atoms with E-state index in [0.717, 1.165) is 21.1 Å². The molecule has 1 aromatic carbocycles. The van der Waals surface area contributed by atoms with Gasteiger partial charge in [0.05, 0.1) is 12.1 Å². The Morgan fingerprint density at radius 3 is 2.75 bits per heavy atom. The molecule has 0 amide bonds. The van der Waals surface area contributed by atoms with E-state index in [1.807, 2.05) is 31.2 Å².